The van der Waals surface area contributed by atoms with Gasteiger partial charge in [0.2, 0.25) is 0 Å². The van der Waals surface area contributed by atoms with Crippen LogP contribution in [0.4, 0.5) is 5.69 Å². The topological polar surface area (TPSA) is 58.3 Å². The average Bonchev–Trinajstić information content (AvgIpc) is 2.52. The first-order valence-electron chi connectivity index (χ1n) is 4.61. The normalized spacial score (nSPS) is 26.7. The number of halogens is 1. The number of nitrogen functional groups attached to an aromatic ring is 1. The summed E-state index contributed by atoms with van der Waals surface area (Å²) in [5.74, 6) is 0. The van der Waals surface area contributed by atoms with Crippen molar-refractivity contribution in [1.82, 2.24) is 5.32 Å². The van der Waals surface area contributed by atoms with E-state index in [1.165, 1.54) is 0 Å². The number of hydrogen-bond donors (Lipinski definition) is 3. The van der Waals surface area contributed by atoms with Gasteiger partial charge in [-0.2, -0.15) is 0 Å². The summed E-state index contributed by atoms with van der Waals surface area (Å²) in [6, 6.07) is 5.59. The van der Waals surface area contributed by atoms with Crippen molar-refractivity contribution in [2.45, 2.75) is 12.0 Å². The van der Waals surface area contributed by atoms with E-state index in [0.29, 0.717) is 18.7 Å². The van der Waals surface area contributed by atoms with Crippen LogP contribution in [-0.2, 0) is 5.60 Å². The lowest BCUT2D eigenvalue weighted by atomic mass is 9.92. The van der Waals surface area contributed by atoms with Crippen LogP contribution < -0.4 is 11.1 Å². The molecule has 14 heavy (non-hydrogen) atoms. The van der Waals surface area contributed by atoms with Crippen LogP contribution >= 0.6 is 15.9 Å². The fraction of sp³-hybridized carbons (Fsp3) is 0.400. The van der Waals surface area contributed by atoms with E-state index >= 15 is 0 Å². The highest BCUT2D eigenvalue weighted by Crippen LogP contribution is 2.36. The van der Waals surface area contributed by atoms with E-state index in [2.05, 4.69) is 21.2 Å². The third-order valence-corrected chi connectivity index (χ3v) is 3.30. The second-order valence-corrected chi connectivity index (χ2v) is 4.52. The predicted octanol–water partition coefficient (Wildman–Crippen LogP) is 1.21. The molecule has 4 N–H and O–H groups in total. The fourth-order valence-electron chi connectivity index (χ4n) is 1.92. The minimum Gasteiger partial charge on any atom is -0.398 e. The summed E-state index contributed by atoms with van der Waals surface area (Å²) < 4.78 is 0.878. The third-order valence-electron chi connectivity index (χ3n) is 2.64. The first-order chi connectivity index (χ1) is 6.63. The summed E-state index contributed by atoms with van der Waals surface area (Å²) in [5.41, 5.74) is 6.51. The summed E-state index contributed by atoms with van der Waals surface area (Å²) >= 11 is 3.42. The van der Waals surface area contributed by atoms with Crippen LogP contribution in [0, 0.1) is 0 Å². The lowest BCUT2D eigenvalue weighted by Gasteiger charge is -2.24. The summed E-state index contributed by atoms with van der Waals surface area (Å²) in [5, 5.41) is 13.5. The van der Waals surface area contributed by atoms with Crippen molar-refractivity contribution in [3.63, 3.8) is 0 Å². The van der Waals surface area contributed by atoms with E-state index in [1.54, 1.807) is 0 Å². The van der Waals surface area contributed by atoms with Crippen molar-refractivity contribution < 1.29 is 5.11 Å². The molecule has 0 saturated carbocycles. The molecule has 1 fully saturated rings. The molecule has 1 heterocycles. The molecule has 1 saturated heterocycles. The van der Waals surface area contributed by atoms with Gasteiger partial charge in [-0.1, -0.05) is 22.0 Å². The Bertz CT molecular complexity index is 328. The van der Waals surface area contributed by atoms with Gasteiger partial charge in [0.15, 0.2) is 0 Å². The molecular weight excluding hydrogens is 244 g/mol. The number of nitrogens with two attached hydrogens (primary N) is 1. The van der Waals surface area contributed by atoms with Crippen molar-refractivity contribution >= 4 is 21.6 Å². The standard InChI is InChI=1S/C10H13BrN2O/c11-7-2-1-3-8(12)9(7)10(14)4-5-13-6-10/h1-3,13-14H,4-6,12H2. The van der Waals surface area contributed by atoms with E-state index in [-0.39, 0.29) is 0 Å². The van der Waals surface area contributed by atoms with Gasteiger partial charge in [-0.05, 0) is 25.1 Å². The SMILES string of the molecule is Nc1cccc(Br)c1C1(O)CCNC1. The number of hydrogen-bond acceptors (Lipinski definition) is 3. The Kier molecular flexibility index (Phi) is 2.51. The van der Waals surface area contributed by atoms with Gasteiger partial charge in [0.25, 0.3) is 0 Å². The molecule has 0 spiro atoms. The molecule has 0 radical (unpaired) electrons. The van der Waals surface area contributed by atoms with E-state index < -0.39 is 5.60 Å². The average molecular weight is 257 g/mol. The quantitative estimate of drug-likeness (QED) is 0.663. The first kappa shape index (κ1) is 9.96. The highest BCUT2D eigenvalue weighted by atomic mass is 79.9. The first-order valence-corrected chi connectivity index (χ1v) is 5.40. The second kappa shape index (κ2) is 3.53. The molecule has 1 unspecified atom stereocenters. The van der Waals surface area contributed by atoms with Crippen LogP contribution in [0.5, 0.6) is 0 Å². The molecule has 1 aliphatic rings. The van der Waals surface area contributed by atoms with Gasteiger partial charge in [-0.3, -0.25) is 0 Å². The molecular formula is C10H13BrN2O. The maximum absolute atomic E-state index is 10.4. The van der Waals surface area contributed by atoms with Crippen LogP contribution in [0.15, 0.2) is 22.7 Å². The van der Waals surface area contributed by atoms with E-state index in [0.717, 1.165) is 16.6 Å². The summed E-state index contributed by atoms with van der Waals surface area (Å²) in [6.07, 6.45) is 0.708. The van der Waals surface area contributed by atoms with Crippen molar-refractivity contribution in [1.29, 1.82) is 0 Å². The number of β-amino-alcohol motifs (C(OH)–C–C–N with tert-alkyl or cyclic N) is 1. The van der Waals surface area contributed by atoms with Crippen LogP contribution in [-0.4, -0.2) is 18.2 Å². The molecule has 1 aliphatic heterocycles. The number of aliphatic hydroxyl groups is 1. The molecule has 0 aromatic heterocycles. The molecule has 4 heteroatoms. The zero-order valence-corrected chi connectivity index (χ0v) is 9.34. The Hall–Kier alpha value is -0.580. The molecule has 0 aliphatic carbocycles. The zero-order chi connectivity index (χ0) is 10.2. The summed E-state index contributed by atoms with van der Waals surface area (Å²) in [4.78, 5) is 0. The van der Waals surface area contributed by atoms with Crippen molar-refractivity contribution in [2.24, 2.45) is 0 Å². The smallest absolute Gasteiger partial charge is 0.106 e. The molecule has 1 atom stereocenters. The second-order valence-electron chi connectivity index (χ2n) is 3.66. The predicted molar refractivity (Wildman–Crippen MR) is 59.9 cm³/mol. The van der Waals surface area contributed by atoms with Gasteiger partial charge in [0.1, 0.15) is 5.60 Å². The molecule has 0 amide bonds. The van der Waals surface area contributed by atoms with Gasteiger partial charge in [0, 0.05) is 22.3 Å². The Morgan fingerprint density at radius 1 is 1.50 bits per heavy atom. The van der Waals surface area contributed by atoms with Gasteiger partial charge in [-0.25, -0.2) is 0 Å². The summed E-state index contributed by atoms with van der Waals surface area (Å²) in [6.45, 7) is 1.40. The monoisotopic (exact) mass is 256 g/mol. The van der Waals surface area contributed by atoms with Gasteiger partial charge < -0.3 is 16.2 Å². The van der Waals surface area contributed by atoms with Crippen LogP contribution in [0.25, 0.3) is 0 Å². The van der Waals surface area contributed by atoms with Crippen molar-refractivity contribution in [2.75, 3.05) is 18.8 Å². The van der Waals surface area contributed by atoms with Crippen LogP contribution in [0.1, 0.15) is 12.0 Å². The molecule has 0 bridgehead atoms. The van der Waals surface area contributed by atoms with Gasteiger partial charge in [-0.15, -0.1) is 0 Å². The van der Waals surface area contributed by atoms with Crippen LogP contribution in [0.3, 0.4) is 0 Å². The Labute approximate surface area is 91.4 Å². The maximum atomic E-state index is 10.4. The Balaban J connectivity index is 2.49. The van der Waals surface area contributed by atoms with Gasteiger partial charge >= 0.3 is 0 Å². The maximum Gasteiger partial charge on any atom is 0.106 e. The highest BCUT2D eigenvalue weighted by molar-refractivity contribution is 9.10. The van der Waals surface area contributed by atoms with Gasteiger partial charge in [0.05, 0.1) is 0 Å². The van der Waals surface area contributed by atoms with Crippen molar-refractivity contribution in [3.8, 4) is 0 Å². The number of anilines is 1. The minimum atomic E-state index is -0.815. The van der Waals surface area contributed by atoms with Crippen molar-refractivity contribution in [3.05, 3.63) is 28.2 Å². The lowest BCUT2D eigenvalue weighted by Crippen LogP contribution is -2.29. The third kappa shape index (κ3) is 1.54. The molecule has 1 aromatic rings. The minimum absolute atomic E-state index is 0.569. The van der Waals surface area contributed by atoms with E-state index in [9.17, 15) is 5.11 Å². The number of benzene rings is 1. The highest BCUT2D eigenvalue weighted by Gasteiger charge is 2.36. The number of nitrogens with one attached hydrogen (secondary N) is 1. The number of rotatable bonds is 1. The molecule has 3 nitrogen and oxygen atoms in total. The molecule has 1 aromatic carbocycles. The van der Waals surface area contributed by atoms with E-state index in [1.807, 2.05) is 18.2 Å². The van der Waals surface area contributed by atoms with Crippen LogP contribution in [0.2, 0.25) is 0 Å². The Morgan fingerprint density at radius 2 is 2.29 bits per heavy atom. The summed E-state index contributed by atoms with van der Waals surface area (Å²) in [7, 11) is 0. The molecule has 76 valence electrons. The lowest BCUT2D eigenvalue weighted by molar-refractivity contribution is 0.0588. The Morgan fingerprint density at radius 3 is 2.86 bits per heavy atom. The molecule has 2 rings (SSSR count). The largest absolute Gasteiger partial charge is 0.398 e. The zero-order valence-electron chi connectivity index (χ0n) is 7.76. The van der Waals surface area contributed by atoms with E-state index in [4.69, 9.17) is 5.73 Å². The fourth-order valence-corrected chi connectivity index (χ4v) is 2.67.